The van der Waals surface area contributed by atoms with Crippen LogP contribution in [0.3, 0.4) is 0 Å². The molecule has 8 heteroatoms. The van der Waals surface area contributed by atoms with Crippen molar-refractivity contribution in [3.8, 4) is 11.1 Å². The van der Waals surface area contributed by atoms with Crippen LogP contribution >= 0.6 is 0 Å². The van der Waals surface area contributed by atoms with Gasteiger partial charge >= 0.3 is 12.1 Å². The summed E-state index contributed by atoms with van der Waals surface area (Å²) in [5.41, 5.74) is 2.96. The molecule has 2 N–H and O–H groups in total. The molecule has 1 aliphatic heterocycles. The molecule has 1 saturated heterocycles. The first kappa shape index (κ1) is 24.5. The molecular formula is C27H30N2O6. The van der Waals surface area contributed by atoms with Gasteiger partial charge in [-0.3, -0.25) is 4.79 Å². The second-order valence-electron chi connectivity index (χ2n) is 8.91. The average molecular weight is 479 g/mol. The van der Waals surface area contributed by atoms with Crippen LogP contribution in [0.15, 0.2) is 61.2 Å². The van der Waals surface area contributed by atoms with Gasteiger partial charge in [-0.1, -0.05) is 54.6 Å². The van der Waals surface area contributed by atoms with Gasteiger partial charge in [0.25, 0.3) is 0 Å². The van der Waals surface area contributed by atoms with Crippen molar-refractivity contribution in [3.63, 3.8) is 0 Å². The number of nitrogens with one attached hydrogen (secondary N) is 1. The predicted octanol–water partition coefficient (Wildman–Crippen LogP) is 3.56. The number of fused-ring (bicyclic) bond motifs is 3. The zero-order chi connectivity index (χ0) is 25.0. The van der Waals surface area contributed by atoms with E-state index in [2.05, 4.69) is 24.0 Å². The number of ether oxygens (including phenoxy) is 2. The first-order valence-electron chi connectivity index (χ1n) is 11.7. The molecule has 0 saturated carbocycles. The van der Waals surface area contributed by atoms with E-state index in [1.54, 1.807) is 0 Å². The molecule has 1 fully saturated rings. The molecule has 0 radical (unpaired) electrons. The summed E-state index contributed by atoms with van der Waals surface area (Å²) in [4.78, 5) is 39.5. The minimum absolute atomic E-state index is 0.110. The average Bonchev–Trinajstić information content (AvgIpc) is 3.42. The van der Waals surface area contributed by atoms with Crippen molar-refractivity contribution in [1.82, 2.24) is 10.2 Å². The summed E-state index contributed by atoms with van der Waals surface area (Å²) in [6.07, 6.45) is 1.74. The zero-order valence-electron chi connectivity index (χ0n) is 19.7. The van der Waals surface area contributed by atoms with E-state index in [9.17, 15) is 19.5 Å². The minimum Gasteiger partial charge on any atom is -0.479 e. The monoisotopic (exact) mass is 478 g/mol. The SMILES string of the molecule is C=CCC(NC(=O)OCC1c2ccccc2-c2ccccc21)C(=O)N1CCCC1(COC)C(=O)O. The fourth-order valence-electron chi connectivity index (χ4n) is 5.23. The highest BCUT2D eigenvalue weighted by molar-refractivity contribution is 5.92. The van der Waals surface area contributed by atoms with Gasteiger partial charge in [0, 0.05) is 19.6 Å². The van der Waals surface area contributed by atoms with Crippen molar-refractivity contribution in [2.45, 2.75) is 36.8 Å². The molecule has 2 atom stereocenters. The minimum atomic E-state index is -1.45. The summed E-state index contributed by atoms with van der Waals surface area (Å²) in [7, 11) is 1.40. The molecule has 2 aromatic rings. The van der Waals surface area contributed by atoms with Gasteiger partial charge in [-0.2, -0.15) is 0 Å². The fraction of sp³-hybridized carbons (Fsp3) is 0.370. The second-order valence-corrected chi connectivity index (χ2v) is 8.91. The van der Waals surface area contributed by atoms with Crippen molar-refractivity contribution < 1.29 is 29.0 Å². The predicted molar refractivity (Wildman–Crippen MR) is 130 cm³/mol. The van der Waals surface area contributed by atoms with Crippen LogP contribution in [0.25, 0.3) is 11.1 Å². The number of aliphatic carboxylic acids is 1. The van der Waals surface area contributed by atoms with E-state index in [4.69, 9.17) is 9.47 Å². The highest BCUT2D eigenvalue weighted by atomic mass is 16.5. The number of rotatable bonds is 9. The third-order valence-electron chi connectivity index (χ3n) is 6.87. The number of likely N-dealkylation sites (tertiary alicyclic amines) is 1. The smallest absolute Gasteiger partial charge is 0.407 e. The number of alkyl carbamates (subject to hydrolysis) is 1. The molecule has 35 heavy (non-hydrogen) atoms. The van der Waals surface area contributed by atoms with Crippen LogP contribution in [0.4, 0.5) is 4.79 Å². The maximum Gasteiger partial charge on any atom is 0.407 e. The van der Waals surface area contributed by atoms with Gasteiger partial charge in [0.05, 0.1) is 6.61 Å². The van der Waals surface area contributed by atoms with E-state index in [-0.39, 0.29) is 38.5 Å². The van der Waals surface area contributed by atoms with Crippen molar-refractivity contribution in [2.24, 2.45) is 0 Å². The summed E-state index contributed by atoms with van der Waals surface area (Å²) < 4.78 is 10.7. The number of hydrogen-bond donors (Lipinski definition) is 2. The number of amides is 2. The van der Waals surface area contributed by atoms with Crippen LogP contribution in [0.2, 0.25) is 0 Å². The lowest BCUT2D eigenvalue weighted by atomic mass is 9.96. The molecule has 0 bridgehead atoms. The Labute approximate surface area is 204 Å². The summed E-state index contributed by atoms with van der Waals surface area (Å²) in [6, 6.07) is 15.1. The Morgan fingerprint density at radius 1 is 1.17 bits per heavy atom. The van der Waals surface area contributed by atoms with Crippen LogP contribution < -0.4 is 5.32 Å². The number of carbonyl (C=O) groups is 3. The Morgan fingerprint density at radius 2 is 1.80 bits per heavy atom. The molecule has 2 unspecified atom stereocenters. The molecular weight excluding hydrogens is 448 g/mol. The lowest BCUT2D eigenvalue weighted by Gasteiger charge is -2.36. The molecule has 1 aliphatic carbocycles. The third-order valence-corrected chi connectivity index (χ3v) is 6.87. The second kappa shape index (κ2) is 10.3. The highest BCUT2D eigenvalue weighted by Crippen LogP contribution is 2.44. The molecule has 184 valence electrons. The van der Waals surface area contributed by atoms with Gasteiger partial charge in [0.1, 0.15) is 12.6 Å². The summed E-state index contributed by atoms with van der Waals surface area (Å²) in [5, 5.41) is 12.5. The summed E-state index contributed by atoms with van der Waals surface area (Å²) in [5.74, 6) is -1.72. The standard InChI is InChI=1S/C27H30N2O6/c1-3-9-23(24(30)29-15-8-14-27(29,17-34-2)25(31)32)28-26(33)35-16-22-20-12-6-4-10-18(20)19-11-5-7-13-21(19)22/h3-7,10-13,22-23H,1,8-9,14-17H2,2H3,(H,28,33)(H,31,32). The van der Waals surface area contributed by atoms with E-state index in [1.807, 2.05) is 36.4 Å². The Balaban J connectivity index is 1.46. The van der Waals surface area contributed by atoms with Gasteiger partial charge in [-0.05, 0) is 41.5 Å². The Morgan fingerprint density at radius 3 is 2.37 bits per heavy atom. The topological polar surface area (TPSA) is 105 Å². The first-order valence-corrected chi connectivity index (χ1v) is 11.7. The maximum absolute atomic E-state index is 13.3. The van der Waals surface area contributed by atoms with Gasteiger partial charge < -0.3 is 24.8 Å². The summed E-state index contributed by atoms with van der Waals surface area (Å²) >= 11 is 0. The fourth-order valence-corrected chi connectivity index (χ4v) is 5.23. The Kier molecular flexibility index (Phi) is 7.21. The quantitative estimate of drug-likeness (QED) is 0.534. The molecule has 2 aliphatic rings. The third kappa shape index (κ3) is 4.53. The molecule has 0 spiro atoms. The van der Waals surface area contributed by atoms with Gasteiger partial charge in [-0.25, -0.2) is 9.59 Å². The first-order chi connectivity index (χ1) is 16.9. The zero-order valence-corrected chi connectivity index (χ0v) is 19.7. The number of carboxylic acids is 1. The van der Waals surface area contributed by atoms with E-state index in [0.29, 0.717) is 6.42 Å². The van der Waals surface area contributed by atoms with Crippen LogP contribution in [0.5, 0.6) is 0 Å². The van der Waals surface area contributed by atoms with Crippen LogP contribution in [0, 0.1) is 0 Å². The Bertz CT molecular complexity index is 1090. The number of methoxy groups -OCH3 is 1. The number of benzene rings is 2. The van der Waals surface area contributed by atoms with E-state index < -0.39 is 29.6 Å². The highest BCUT2D eigenvalue weighted by Gasteiger charge is 2.51. The summed E-state index contributed by atoms with van der Waals surface area (Å²) in [6.45, 7) is 3.94. The van der Waals surface area contributed by atoms with Gasteiger partial charge in [0.15, 0.2) is 5.54 Å². The molecule has 1 heterocycles. The van der Waals surface area contributed by atoms with E-state index >= 15 is 0 Å². The van der Waals surface area contributed by atoms with Crippen molar-refractivity contribution in [1.29, 1.82) is 0 Å². The maximum atomic E-state index is 13.3. The van der Waals surface area contributed by atoms with Crippen molar-refractivity contribution >= 4 is 18.0 Å². The number of hydrogen-bond acceptors (Lipinski definition) is 5. The van der Waals surface area contributed by atoms with Gasteiger partial charge in [0.2, 0.25) is 5.91 Å². The van der Waals surface area contributed by atoms with Crippen LogP contribution in [-0.2, 0) is 19.1 Å². The number of carbonyl (C=O) groups excluding carboxylic acids is 2. The number of carboxylic acid groups (broad SMARTS) is 1. The largest absolute Gasteiger partial charge is 0.479 e. The lowest BCUT2D eigenvalue weighted by molar-refractivity contribution is -0.160. The van der Waals surface area contributed by atoms with Gasteiger partial charge in [-0.15, -0.1) is 6.58 Å². The van der Waals surface area contributed by atoms with E-state index in [0.717, 1.165) is 22.3 Å². The number of nitrogens with zero attached hydrogens (tertiary/aromatic N) is 1. The van der Waals surface area contributed by atoms with Crippen LogP contribution in [-0.4, -0.2) is 66.4 Å². The van der Waals surface area contributed by atoms with Crippen molar-refractivity contribution in [2.75, 3.05) is 26.9 Å². The normalized spacial score (nSPS) is 19.5. The molecule has 0 aromatic heterocycles. The lowest BCUT2D eigenvalue weighted by Crippen LogP contribution is -2.60. The van der Waals surface area contributed by atoms with Crippen molar-refractivity contribution in [3.05, 3.63) is 72.3 Å². The van der Waals surface area contributed by atoms with Crippen LogP contribution in [0.1, 0.15) is 36.3 Å². The molecule has 4 rings (SSSR count). The van der Waals surface area contributed by atoms with E-state index in [1.165, 1.54) is 18.1 Å². The molecule has 2 amide bonds. The molecule has 8 nitrogen and oxygen atoms in total. The Hall–Kier alpha value is -3.65. The molecule has 2 aromatic carbocycles.